The van der Waals surface area contributed by atoms with E-state index < -0.39 is 101 Å². The molecule has 1 saturated heterocycles. The van der Waals surface area contributed by atoms with Gasteiger partial charge >= 0.3 is 17.9 Å². The zero-order valence-corrected chi connectivity index (χ0v) is 34.9. The number of hydrogen-bond donors (Lipinski definition) is 7. The van der Waals surface area contributed by atoms with Gasteiger partial charge in [-0.3, -0.25) is 4.79 Å². The Hall–Kier alpha value is -2.43. The quantitative estimate of drug-likeness (QED) is 0.0810. The average molecular weight is 807 g/mol. The van der Waals surface area contributed by atoms with Crippen LogP contribution < -0.4 is 0 Å². The van der Waals surface area contributed by atoms with Gasteiger partial charge in [0.05, 0.1) is 24.2 Å². The van der Waals surface area contributed by atoms with Crippen molar-refractivity contribution in [2.24, 2.45) is 50.2 Å². The van der Waals surface area contributed by atoms with Crippen molar-refractivity contribution in [2.45, 2.75) is 162 Å². The summed E-state index contributed by atoms with van der Waals surface area (Å²) < 4.78 is 23.5. The van der Waals surface area contributed by atoms with Gasteiger partial charge in [0.25, 0.3) is 0 Å². The molecule has 0 bridgehead atoms. The van der Waals surface area contributed by atoms with Crippen LogP contribution in [0.15, 0.2) is 23.3 Å². The number of carbonyl (C=O) groups is 3. The summed E-state index contributed by atoms with van der Waals surface area (Å²) in [6.45, 7) is 16.8. The van der Waals surface area contributed by atoms with E-state index >= 15 is 0 Å². The lowest BCUT2D eigenvalue weighted by molar-refractivity contribution is -0.328. The number of allylic oxidation sites excluding steroid dienone is 3. The van der Waals surface area contributed by atoms with E-state index in [2.05, 4.69) is 26.8 Å². The zero-order chi connectivity index (χ0) is 42.4. The molecular formula is C43H66O14. The summed E-state index contributed by atoms with van der Waals surface area (Å²) >= 11 is 0. The highest BCUT2D eigenvalue weighted by Gasteiger charge is 2.73. The fourth-order valence-corrected chi connectivity index (χ4v) is 13.2. The molecule has 6 rings (SSSR count). The number of aliphatic hydroxyl groups excluding tert-OH is 6. The molecule has 322 valence electrons. The zero-order valence-electron chi connectivity index (χ0n) is 34.9. The van der Waals surface area contributed by atoms with Crippen LogP contribution in [-0.4, -0.2) is 122 Å². The minimum absolute atomic E-state index is 0.0834. The second-order valence-electron chi connectivity index (χ2n) is 20.0. The third-order valence-electron chi connectivity index (χ3n) is 16.8. The molecular weight excluding hydrogens is 740 g/mol. The highest BCUT2D eigenvalue weighted by atomic mass is 16.7. The Morgan fingerprint density at radius 1 is 0.912 bits per heavy atom. The van der Waals surface area contributed by atoms with E-state index in [1.807, 2.05) is 20.8 Å². The van der Waals surface area contributed by atoms with Gasteiger partial charge in [0, 0.05) is 23.3 Å². The fraction of sp³-hybridized carbons (Fsp3) is 0.837. The third-order valence-corrected chi connectivity index (χ3v) is 16.8. The van der Waals surface area contributed by atoms with E-state index in [-0.39, 0.29) is 42.3 Å². The Balaban J connectivity index is 1.35. The Labute approximate surface area is 335 Å². The highest BCUT2D eigenvalue weighted by Crippen LogP contribution is 2.76. The minimum atomic E-state index is -1.85. The summed E-state index contributed by atoms with van der Waals surface area (Å²) in [6.07, 6.45) is -4.98. The van der Waals surface area contributed by atoms with Crippen LogP contribution >= 0.6 is 0 Å². The largest absolute Gasteiger partial charge is 0.479 e. The Kier molecular flexibility index (Phi) is 11.6. The second kappa shape index (κ2) is 14.9. The van der Waals surface area contributed by atoms with Crippen molar-refractivity contribution >= 4 is 17.9 Å². The standard InChI is InChI=1S/C43H66O14/c1-10-21(2)36(53)57-34-33(50)43(20-54-22(3)45)24(17-38(34,4)5)23-11-12-26-39(6)15-14-28(55-37-31(49)29(47)30(48)32(56-37)35(51)52)40(7,19-44)25(39)13-16-41(26,8)42(23,9)18-27(43)46/h10-11,24-34,37,44,46-50H,12-20H2,1-9H3,(H,51,52)/t24?,25?,26?,27?,28?,29?,30?,31?,32?,33?,34?,37?,39-,40-,41+,42+,43-/m0/s1. The van der Waals surface area contributed by atoms with Crippen LogP contribution in [0.2, 0.25) is 0 Å². The smallest absolute Gasteiger partial charge is 0.335 e. The van der Waals surface area contributed by atoms with Crippen molar-refractivity contribution in [3.8, 4) is 0 Å². The van der Waals surface area contributed by atoms with Crippen molar-refractivity contribution in [3.63, 3.8) is 0 Å². The molecule has 5 aliphatic carbocycles. The van der Waals surface area contributed by atoms with E-state index in [9.17, 15) is 50.1 Å². The maximum atomic E-state index is 13.1. The first kappa shape index (κ1) is 44.1. The van der Waals surface area contributed by atoms with Crippen molar-refractivity contribution in [1.29, 1.82) is 0 Å². The van der Waals surface area contributed by atoms with Gasteiger partial charge in [-0.15, -0.1) is 0 Å². The number of rotatable bonds is 8. The van der Waals surface area contributed by atoms with Gasteiger partial charge < -0.3 is 54.7 Å². The maximum absolute atomic E-state index is 13.1. The van der Waals surface area contributed by atoms with Gasteiger partial charge in [-0.25, -0.2) is 9.59 Å². The predicted octanol–water partition coefficient (Wildman–Crippen LogP) is 3.03. The molecule has 7 N–H and O–H groups in total. The van der Waals surface area contributed by atoms with E-state index in [1.54, 1.807) is 19.9 Å². The number of aliphatic carboxylic acids is 1. The fourth-order valence-electron chi connectivity index (χ4n) is 13.2. The van der Waals surface area contributed by atoms with Gasteiger partial charge in [-0.2, -0.15) is 0 Å². The summed E-state index contributed by atoms with van der Waals surface area (Å²) in [5.41, 5.74) is -2.67. The number of carboxylic acid groups (broad SMARTS) is 1. The molecule has 0 aromatic heterocycles. The van der Waals surface area contributed by atoms with Crippen LogP contribution in [-0.2, 0) is 33.3 Å². The lowest BCUT2D eigenvalue weighted by atomic mass is 9.33. The molecule has 0 amide bonds. The average Bonchev–Trinajstić information content (AvgIpc) is 3.13. The van der Waals surface area contributed by atoms with Crippen LogP contribution in [0.1, 0.15) is 107 Å². The lowest BCUT2D eigenvalue weighted by Crippen LogP contribution is -2.72. The summed E-state index contributed by atoms with van der Waals surface area (Å²) in [5.74, 6) is -3.00. The van der Waals surface area contributed by atoms with Gasteiger partial charge in [-0.05, 0) is 92.8 Å². The normalized spacial score (nSPS) is 49.2. The maximum Gasteiger partial charge on any atom is 0.335 e. The number of carboxylic acids is 1. The Morgan fingerprint density at radius 2 is 1.58 bits per heavy atom. The van der Waals surface area contributed by atoms with Gasteiger partial charge in [0.15, 0.2) is 12.4 Å². The van der Waals surface area contributed by atoms with Crippen molar-refractivity contribution in [3.05, 3.63) is 23.3 Å². The molecule has 12 unspecified atom stereocenters. The van der Waals surface area contributed by atoms with E-state index in [0.717, 1.165) is 12.0 Å². The van der Waals surface area contributed by atoms with Gasteiger partial charge in [0.1, 0.15) is 37.1 Å². The molecule has 4 saturated carbocycles. The molecule has 0 spiro atoms. The number of ether oxygens (including phenoxy) is 4. The summed E-state index contributed by atoms with van der Waals surface area (Å²) in [4.78, 5) is 37.3. The van der Waals surface area contributed by atoms with Gasteiger partial charge in [-0.1, -0.05) is 59.3 Å². The number of carbonyl (C=O) groups excluding carboxylic acids is 2. The first-order valence-corrected chi connectivity index (χ1v) is 20.6. The highest BCUT2D eigenvalue weighted by molar-refractivity contribution is 5.87. The van der Waals surface area contributed by atoms with Crippen LogP contribution in [0.5, 0.6) is 0 Å². The van der Waals surface area contributed by atoms with Crippen molar-refractivity contribution < 1.29 is 69.1 Å². The van der Waals surface area contributed by atoms with Crippen LogP contribution in [0.25, 0.3) is 0 Å². The lowest BCUT2D eigenvalue weighted by Gasteiger charge is -2.72. The molecule has 57 heavy (non-hydrogen) atoms. The summed E-state index contributed by atoms with van der Waals surface area (Å²) in [6, 6.07) is 0. The van der Waals surface area contributed by atoms with Crippen LogP contribution in [0, 0.1) is 50.2 Å². The first-order chi connectivity index (χ1) is 26.4. The van der Waals surface area contributed by atoms with Gasteiger partial charge in [0.2, 0.25) is 0 Å². The second-order valence-corrected chi connectivity index (χ2v) is 20.0. The first-order valence-electron chi connectivity index (χ1n) is 20.6. The molecule has 1 aliphatic heterocycles. The molecule has 1 heterocycles. The third kappa shape index (κ3) is 6.45. The molecule has 5 fully saturated rings. The number of aliphatic hydroxyl groups is 6. The molecule has 17 atom stereocenters. The number of esters is 2. The molecule has 0 radical (unpaired) electrons. The Morgan fingerprint density at radius 3 is 2.18 bits per heavy atom. The molecule has 14 heteroatoms. The van der Waals surface area contributed by atoms with Crippen molar-refractivity contribution in [2.75, 3.05) is 13.2 Å². The van der Waals surface area contributed by atoms with Crippen molar-refractivity contribution in [1.82, 2.24) is 0 Å². The van der Waals surface area contributed by atoms with E-state index in [0.29, 0.717) is 37.7 Å². The monoisotopic (exact) mass is 806 g/mol. The van der Waals surface area contributed by atoms with Crippen LogP contribution in [0.3, 0.4) is 0 Å². The minimum Gasteiger partial charge on any atom is -0.479 e. The van der Waals surface area contributed by atoms with Crippen LogP contribution in [0.4, 0.5) is 0 Å². The Bertz CT molecular complexity index is 1660. The summed E-state index contributed by atoms with van der Waals surface area (Å²) in [5, 5.41) is 77.3. The molecule has 0 aromatic rings. The number of fused-ring (bicyclic) bond motifs is 7. The van der Waals surface area contributed by atoms with E-state index in [1.165, 1.54) is 6.92 Å². The molecule has 0 aromatic carbocycles. The molecule has 14 nitrogen and oxygen atoms in total. The molecule has 6 aliphatic rings. The van der Waals surface area contributed by atoms with E-state index in [4.69, 9.17) is 18.9 Å². The predicted molar refractivity (Wildman–Crippen MR) is 204 cm³/mol. The summed E-state index contributed by atoms with van der Waals surface area (Å²) in [7, 11) is 0. The SMILES string of the molecule is CC=C(C)C(=O)OC1C(O)[C@]2(COC(C)=O)C(O)C[C@]3(C)C(=CCC4[C@@]5(C)CCC(OC6OC(C(=O)O)C(O)C(O)C6O)[C@@](C)(CO)C5CC[C@]43C)C2CC1(C)C. The topological polar surface area (TPSA) is 230 Å². The number of hydrogen-bond acceptors (Lipinski definition) is 13.